The van der Waals surface area contributed by atoms with Gasteiger partial charge in [-0.25, -0.2) is 9.18 Å². The van der Waals surface area contributed by atoms with Gasteiger partial charge in [0.25, 0.3) is 5.91 Å². The summed E-state index contributed by atoms with van der Waals surface area (Å²) < 4.78 is 13.7. The third-order valence-electron chi connectivity index (χ3n) is 2.90. The van der Waals surface area contributed by atoms with Gasteiger partial charge in [-0.05, 0) is 42.5 Å². The van der Waals surface area contributed by atoms with Crippen molar-refractivity contribution in [1.29, 1.82) is 0 Å². The zero-order valence-electron chi connectivity index (χ0n) is 10.2. The molecule has 4 nitrogen and oxygen atoms in total. The molecular weight excluding hydrogens is 249 g/mol. The highest BCUT2D eigenvalue weighted by molar-refractivity contribution is 5.94. The lowest BCUT2D eigenvalue weighted by atomic mass is 10.1. The van der Waals surface area contributed by atoms with Crippen molar-refractivity contribution in [2.24, 2.45) is 5.92 Å². The van der Waals surface area contributed by atoms with Crippen molar-refractivity contribution in [1.82, 2.24) is 5.32 Å². The number of carbonyl (C=O) groups excluding carboxylic acids is 1. The Labute approximate surface area is 109 Å². The summed E-state index contributed by atoms with van der Waals surface area (Å²) in [6.07, 6.45) is 4.42. The van der Waals surface area contributed by atoms with Crippen LogP contribution < -0.4 is 5.32 Å². The Hall–Kier alpha value is -2.17. The number of carbonyl (C=O) groups is 2. The van der Waals surface area contributed by atoms with E-state index in [1.165, 1.54) is 18.2 Å². The van der Waals surface area contributed by atoms with Crippen molar-refractivity contribution in [2.45, 2.75) is 12.8 Å². The van der Waals surface area contributed by atoms with Crippen LogP contribution in [0.2, 0.25) is 0 Å². The first-order chi connectivity index (χ1) is 9.06. The normalized spacial score (nSPS) is 14.6. The molecule has 100 valence electrons. The number of hydrogen-bond donors (Lipinski definition) is 2. The van der Waals surface area contributed by atoms with Gasteiger partial charge in [0.15, 0.2) is 0 Å². The van der Waals surface area contributed by atoms with Crippen molar-refractivity contribution < 1.29 is 19.1 Å². The summed E-state index contributed by atoms with van der Waals surface area (Å²) in [7, 11) is 0. The van der Waals surface area contributed by atoms with Crippen LogP contribution in [0.25, 0.3) is 6.08 Å². The lowest BCUT2D eigenvalue weighted by molar-refractivity contribution is -0.131. The third-order valence-corrected chi connectivity index (χ3v) is 2.90. The highest BCUT2D eigenvalue weighted by Crippen LogP contribution is 2.27. The number of benzene rings is 1. The molecule has 1 aliphatic rings. The molecule has 5 heteroatoms. The molecule has 1 aromatic carbocycles. The van der Waals surface area contributed by atoms with Crippen molar-refractivity contribution >= 4 is 18.0 Å². The second-order valence-electron chi connectivity index (χ2n) is 4.56. The van der Waals surface area contributed by atoms with Crippen molar-refractivity contribution in [2.75, 3.05) is 6.54 Å². The lowest BCUT2D eigenvalue weighted by Gasteiger charge is -2.05. The van der Waals surface area contributed by atoms with Crippen LogP contribution in [0.4, 0.5) is 4.39 Å². The molecule has 0 heterocycles. The second kappa shape index (κ2) is 5.65. The van der Waals surface area contributed by atoms with Gasteiger partial charge in [-0.3, -0.25) is 4.79 Å². The molecule has 2 rings (SSSR count). The molecule has 0 unspecified atom stereocenters. The van der Waals surface area contributed by atoms with E-state index < -0.39 is 17.7 Å². The third kappa shape index (κ3) is 3.91. The fourth-order valence-electron chi connectivity index (χ4n) is 1.64. The number of halogens is 1. The molecule has 1 fully saturated rings. The maximum absolute atomic E-state index is 13.7. The highest BCUT2D eigenvalue weighted by Gasteiger charge is 2.22. The number of nitrogens with one attached hydrogen (secondary N) is 1. The predicted octanol–water partition coefficient (Wildman–Crippen LogP) is 2.06. The zero-order valence-corrected chi connectivity index (χ0v) is 10.2. The van der Waals surface area contributed by atoms with Crippen LogP contribution in [0, 0.1) is 11.7 Å². The molecular formula is C14H14FNO3. The van der Waals surface area contributed by atoms with Gasteiger partial charge < -0.3 is 10.4 Å². The van der Waals surface area contributed by atoms with E-state index in [1.807, 2.05) is 0 Å². The van der Waals surface area contributed by atoms with Crippen LogP contribution in [-0.2, 0) is 4.79 Å². The maximum atomic E-state index is 13.7. The van der Waals surface area contributed by atoms with Gasteiger partial charge in [-0.15, -0.1) is 0 Å². The summed E-state index contributed by atoms with van der Waals surface area (Å²) in [5.74, 6) is -1.66. The molecule has 0 atom stereocenters. The molecule has 1 saturated carbocycles. The fraction of sp³-hybridized carbons (Fsp3) is 0.286. The Morgan fingerprint density at radius 2 is 2.16 bits per heavy atom. The molecule has 0 radical (unpaired) electrons. The van der Waals surface area contributed by atoms with E-state index >= 15 is 0 Å². The van der Waals surface area contributed by atoms with Gasteiger partial charge in [0.05, 0.1) is 5.56 Å². The highest BCUT2D eigenvalue weighted by atomic mass is 19.1. The molecule has 2 N–H and O–H groups in total. The number of aliphatic carboxylic acids is 1. The van der Waals surface area contributed by atoms with Crippen molar-refractivity contribution in [3.63, 3.8) is 0 Å². The summed E-state index contributed by atoms with van der Waals surface area (Å²) >= 11 is 0. The summed E-state index contributed by atoms with van der Waals surface area (Å²) in [6.45, 7) is 0.582. The molecule has 0 bridgehead atoms. The average Bonchev–Trinajstić information content (AvgIpc) is 3.17. The summed E-state index contributed by atoms with van der Waals surface area (Å²) in [5.41, 5.74) is 0.381. The smallest absolute Gasteiger partial charge is 0.328 e. The summed E-state index contributed by atoms with van der Waals surface area (Å²) in [5, 5.41) is 11.2. The van der Waals surface area contributed by atoms with E-state index in [0.29, 0.717) is 18.0 Å². The van der Waals surface area contributed by atoms with Gasteiger partial charge in [-0.1, -0.05) is 6.07 Å². The number of carboxylic acids is 1. The number of hydrogen-bond acceptors (Lipinski definition) is 2. The lowest BCUT2D eigenvalue weighted by Crippen LogP contribution is -2.26. The summed E-state index contributed by atoms with van der Waals surface area (Å²) in [6, 6.07) is 4.01. The van der Waals surface area contributed by atoms with E-state index in [0.717, 1.165) is 25.0 Å². The minimum atomic E-state index is -1.10. The maximum Gasteiger partial charge on any atom is 0.328 e. The Kier molecular flexibility index (Phi) is 3.94. The van der Waals surface area contributed by atoms with Gasteiger partial charge in [0, 0.05) is 12.6 Å². The molecule has 19 heavy (non-hydrogen) atoms. The molecule has 1 amide bonds. The largest absolute Gasteiger partial charge is 0.478 e. The van der Waals surface area contributed by atoms with Crippen LogP contribution in [-0.4, -0.2) is 23.5 Å². The second-order valence-corrected chi connectivity index (χ2v) is 4.56. The van der Waals surface area contributed by atoms with E-state index in [9.17, 15) is 14.0 Å². The standard InChI is InChI=1S/C14H14FNO3/c15-12-7-9(4-6-13(17)18)3-5-11(12)14(19)16-8-10-1-2-10/h3-7,10H,1-2,8H2,(H,16,19)(H,17,18)/b6-4+. The van der Waals surface area contributed by atoms with Crippen molar-refractivity contribution in [3.05, 3.63) is 41.2 Å². The fourth-order valence-corrected chi connectivity index (χ4v) is 1.64. The molecule has 0 aliphatic heterocycles. The van der Waals surface area contributed by atoms with E-state index in [1.54, 1.807) is 0 Å². The molecule has 1 aliphatic carbocycles. The van der Waals surface area contributed by atoms with E-state index in [-0.39, 0.29) is 5.56 Å². The zero-order chi connectivity index (χ0) is 13.8. The van der Waals surface area contributed by atoms with Crippen LogP contribution in [0.15, 0.2) is 24.3 Å². The monoisotopic (exact) mass is 263 g/mol. The summed E-state index contributed by atoms with van der Waals surface area (Å²) in [4.78, 5) is 22.1. The van der Waals surface area contributed by atoms with Gasteiger partial charge in [-0.2, -0.15) is 0 Å². The number of amides is 1. The topological polar surface area (TPSA) is 66.4 Å². The molecule has 0 spiro atoms. The molecule has 0 saturated heterocycles. The Morgan fingerprint density at radius 3 is 2.74 bits per heavy atom. The number of carboxylic acid groups (broad SMARTS) is 1. The van der Waals surface area contributed by atoms with Crippen LogP contribution in [0.1, 0.15) is 28.8 Å². The Morgan fingerprint density at radius 1 is 1.42 bits per heavy atom. The van der Waals surface area contributed by atoms with Crippen LogP contribution in [0.5, 0.6) is 0 Å². The predicted molar refractivity (Wildman–Crippen MR) is 68.1 cm³/mol. The quantitative estimate of drug-likeness (QED) is 0.799. The van der Waals surface area contributed by atoms with Gasteiger partial charge >= 0.3 is 5.97 Å². The first-order valence-electron chi connectivity index (χ1n) is 6.05. The minimum absolute atomic E-state index is 0.0203. The van der Waals surface area contributed by atoms with E-state index in [4.69, 9.17) is 5.11 Å². The van der Waals surface area contributed by atoms with Crippen LogP contribution >= 0.6 is 0 Å². The molecule has 0 aromatic heterocycles. The van der Waals surface area contributed by atoms with Gasteiger partial charge in [0.2, 0.25) is 0 Å². The number of rotatable bonds is 5. The Bertz CT molecular complexity index is 535. The van der Waals surface area contributed by atoms with E-state index in [2.05, 4.69) is 5.32 Å². The van der Waals surface area contributed by atoms with Crippen LogP contribution in [0.3, 0.4) is 0 Å². The first-order valence-corrected chi connectivity index (χ1v) is 6.05. The minimum Gasteiger partial charge on any atom is -0.478 e. The van der Waals surface area contributed by atoms with Gasteiger partial charge in [0.1, 0.15) is 5.82 Å². The average molecular weight is 263 g/mol. The first kappa shape index (κ1) is 13.3. The molecule has 1 aromatic rings. The SMILES string of the molecule is O=C(O)/C=C/c1ccc(C(=O)NCC2CC2)c(F)c1. The Balaban J connectivity index is 2.04. The van der Waals surface area contributed by atoms with Crippen molar-refractivity contribution in [3.8, 4) is 0 Å².